The number of carbonyl (C=O) groups is 3. The van der Waals surface area contributed by atoms with Gasteiger partial charge in [-0.1, -0.05) is 95.3 Å². The van der Waals surface area contributed by atoms with Gasteiger partial charge in [0.15, 0.2) is 0 Å². The van der Waals surface area contributed by atoms with E-state index in [1.165, 1.54) is 30.4 Å². The fourth-order valence-corrected chi connectivity index (χ4v) is 14.3. The second kappa shape index (κ2) is 12.8. The van der Waals surface area contributed by atoms with E-state index in [-0.39, 0.29) is 52.3 Å². The predicted molar refractivity (Wildman–Crippen MR) is 211 cm³/mol. The number of carboxylic acids is 1. The first-order valence-corrected chi connectivity index (χ1v) is 20.5. The average molecular weight is 733 g/mol. The molecule has 0 bridgehead atoms. The highest BCUT2D eigenvalue weighted by molar-refractivity contribution is 5.88. The zero-order valence-electron chi connectivity index (χ0n) is 33.3. The van der Waals surface area contributed by atoms with Gasteiger partial charge >= 0.3 is 12.1 Å². The van der Waals surface area contributed by atoms with Crippen LogP contribution >= 0.6 is 0 Å². The maximum Gasteiger partial charge on any atom is 0.410 e. The molecular formula is C47H60N2O5. The summed E-state index contributed by atoms with van der Waals surface area (Å²) in [5, 5.41) is 13.2. The number of amides is 2. The van der Waals surface area contributed by atoms with Gasteiger partial charge in [-0.3, -0.25) is 9.69 Å². The van der Waals surface area contributed by atoms with Gasteiger partial charge in [0, 0.05) is 5.54 Å². The minimum Gasteiger partial charge on any atom is -0.478 e. The average Bonchev–Trinajstić information content (AvgIpc) is 3.69. The maximum atomic E-state index is 14.2. The summed E-state index contributed by atoms with van der Waals surface area (Å²) in [6.07, 6.45) is 11.9. The number of ether oxygens (including phenoxy) is 1. The molecule has 1 unspecified atom stereocenters. The third kappa shape index (κ3) is 5.37. The molecule has 5 fully saturated rings. The van der Waals surface area contributed by atoms with Crippen LogP contribution in [0.5, 0.6) is 0 Å². The largest absolute Gasteiger partial charge is 0.478 e. The van der Waals surface area contributed by atoms with Gasteiger partial charge in [-0.05, 0) is 145 Å². The molecule has 5 aliphatic carbocycles. The Balaban J connectivity index is 1.07. The van der Waals surface area contributed by atoms with Gasteiger partial charge in [-0.25, -0.2) is 9.59 Å². The van der Waals surface area contributed by atoms with Crippen molar-refractivity contribution in [1.29, 1.82) is 0 Å². The van der Waals surface area contributed by atoms with Crippen LogP contribution in [0.3, 0.4) is 0 Å². The van der Waals surface area contributed by atoms with E-state index in [1.54, 1.807) is 17.0 Å². The van der Waals surface area contributed by atoms with Gasteiger partial charge in [0.2, 0.25) is 5.91 Å². The number of carbonyl (C=O) groups excluding carboxylic acids is 2. The molecule has 4 saturated carbocycles. The van der Waals surface area contributed by atoms with Crippen LogP contribution in [-0.4, -0.2) is 46.7 Å². The molecule has 1 saturated heterocycles. The molecule has 2 aromatic rings. The molecule has 10 atom stereocenters. The van der Waals surface area contributed by atoms with E-state index < -0.39 is 12.1 Å². The highest BCUT2D eigenvalue weighted by Crippen LogP contribution is 2.76. The predicted octanol–water partition coefficient (Wildman–Crippen LogP) is 10.1. The molecule has 6 aliphatic rings. The Morgan fingerprint density at radius 2 is 1.61 bits per heavy atom. The molecule has 8 rings (SSSR count). The van der Waals surface area contributed by atoms with E-state index in [1.807, 2.05) is 42.5 Å². The van der Waals surface area contributed by atoms with Gasteiger partial charge < -0.3 is 15.2 Å². The number of benzene rings is 2. The molecule has 2 N–H and O–H groups in total. The second-order valence-corrected chi connectivity index (χ2v) is 19.4. The van der Waals surface area contributed by atoms with Gasteiger partial charge in [0.1, 0.15) is 13.2 Å². The third-order valence-electron chi connectivity index (χ3n) is 16.9. The topological polar surface area (TPSA) is 95.9 Å². The van der Waals surface area contributed by atoms with Crippen LogP contribution < -0.4 is 5.32 Å². The highest BCUT2D eigenvalue weighted by Gasteiger charge is 2.70. The fraction of sp³-hybridized carbons (Fsp3) is 0.596. The first kappa shape index (κ1) is 37.1. The van der Waals surface area contributed by atoms with Crippen molar-refractivity contribution in [3.05, 3.63) is 89.5 Å². The number of aromatic carboxylic acids is 1. The van der Waals surface area contributed by atoms with Crippen molar-refractivity contribution in [2.24, 2.45) is 51.2 Å². The van der Waals surface area contributed by atoms with Crippen molar-refractivity contribution >= 4 is 23.5 Å². The molecule has 54 heavy (non-hydrogen) atoms. The lowest BCUT2D eigenvalue weighted by molar-refractivity contribution is -0.219. The third-order valence-corrected chi connectivity index (χ3v) is 16.9. The van der Waals surface area contributed by atoms with Crippen molar-refractivity contribution in [1.82, 2.24) is 10.2 Å². The second-order valence-electron chi connectivity index (χ2n) is 19.4. The summed E-state index contributed by atoms with van der Waals surface area (Å²) in [6.45, 7) is 19.7. The smallest absolute Gasteiger partial charge is 0.410 e. The van der Waals surface area contributed by atoms with Crippen molar-refractivity contribution in [2.45, 2.75) is 111 Å². The summed E-state index contributed by atoms with van der Waals surface area (Å²) in [5.41, 5.74) is 5.14. The quantitative estimate of drug-likeness (QED) is 0.276. The molecule has 1 heterocycles. The van der Waals surface area contributed by atoms with E-state index in [2.05, 4.69) is 59.5 Å². The molecule has 0 aromatic heterocycles. The van der Waals surface area contributed by atoms with Gasteiger partial charge in [0.05, 0.1) is 11.6 Å². The van der Waals surface area contributed by atoms with Gasteiger partial charge in [0.25, 0.3) is 0 Å². The monoisotopic (exact) mass is 732 g/mol. The molecule has 2 aromatic carbocycles. The maximum absolute atomic E-state index is 14.2. The summed E-state index contributed by atoms with van der Waals surface area (Å²) in [4.78, 5) is 40.3. The standard InChI is InChI=1S/C47H60N2O5/c1-29(2)33-19-24-47(48-39(50)27-49-36(28-54-42(49)53)31-11-9-8-10-12-31)26-25-45(6)35(40(33)47)17-18-38-44(5)22-20-34(30-13-15-32(16-14-30)41(51)52)43(3,4)37(44)21-23-46(38,45)7/h8-16,20,33,35-38,40H,1,17-19,21-28H2,2-7H3,(H,48,50)(H,51,52)/t33-,35+,36?,37-,38+,40+,44-,45+,46+,47-/m0/s1. The number of allylic oxidation sites excluding steroid dienone is 3. The van der Waals surface area contributed by atoms with Crippen LogP contribution in [-0.2, 0) is 9.53 Å². The minimum atomic E-state index is -0.887. The Morgan fingerprint density at radius 1 is 0.889 bits per heavy atom. The SMILES string of the molecule is C=C(C)[C@@H]1CC[C@]2(NC(=O)CN3C(=O)OCC3c3ccccc3)CC[C@]3(C)[C@H](CC[C@@H]4[C@@]5(C)CC=C(c6ccc(C(=O)O)cc6)C(C)(C)[C@@H]5CC[C@]43C)[C@@H]12. The molecule has 0 spiro atoms. The molecule has 1 aliphatic heterocycles. The lowest BCUT2D eigenvalue weighted by Crippen LogP contribution is -2.68. The summed E-state index contributed by atoms with van der Waals surface area (Å²) in [5.74, 6) is 1.30. The molecule has 7 nitrogen and oxygen atoms in total. The van der Waals surface area contributed by atoms with Crippen LogP contribution in [0.1, 0.15) is 127 Å². The Hall–Kier alpha value is -3.87. The van der Waals surface area contributed by atoms with E-state index in [0.717, 1.165) is 49.7 Å². The number of fused-ring (bicyclic) bond motifs is 7. The van der Waals surface area contributed by atoms with Crippen molar-refractivity contribution in [3.63, 3.8) is 0 Å². The summed E-state index contributed by atoms with van der Waals surface area (Å²) in [7, 11) is 0. The van der Waals surface area contributed by atoms with Crippen LogP contribution in [0.4, 0.5) is 4.79 Å². The molecule has 288 valence electrons. The van der Waals surface area contributed by atoms with Crippen LogP contribution in [0.25, 0.3) is 5.57 Å². The number of nitrogens with zero attached hydrogens (tertiary/aromatic N) is 1. The number of hydrogen-bond acceptors (Lipinski definition) is 4. The molecule has 0 radical (unpaired) electrons. The Bertz CT molecular complexity index is 1880. The lowest BCUT2D eigenvalue weighted by atomic mass is 9.33. The zero-order valence-corrected chi connectivity index (χ0v) is 33.3. The summed E-state index contributed by atoms with van der Waals surface area (Å²) < 4.78 is 5.47. The van der Waals surface area contributed by atoms with E-state index in [9.17, 15) is 19.5 Å². The number of rotatable bonds is 7. The summed E-state index contributed by atoms with van der Waals surface area (Å²) >= 11 is 0. The number of carboxylic acid groups (broad SMARTS) is 1. The Labute approximate surface area is 322 Å². The lowest BCUT2D eigenvalue weighted by Gasteiger charge is -2.72. The van der Waals surface area contributed by atoms with Crippen molar-refractivity contribution in [3.8, 4) is 0 Å². The zero-order chi connectivity index (χ0) is 38.4. The van der Waals surface area contributed by atoms with E-state index in [4.69, 9.17) is 4.74 Å². The summed E-state index contributed by atoms with van der Waals surface area (Å²) in [6, 6.07) is 17.1. The first-order chi connectivity index (χ1) is 25.6. The van der Waals surface area contributed by atoms with Gasteiger partial charge in [-0.2, -0.15) is 0 Å². The van der Waals surface area contributed by atoms with Crippen LogP contribution in [0.15, 0.2) is 72.8 Å². The number of nitrogens with one attached hydrogen (secondary N) is 1. The van der Waals surface area contributed by atoms with Crippen LogP contribution in [0, 0.1) is 51.2 Å². The molecular weight excluding hydrogens is 673 g/mol. The highest BCUT2D eigenvalue weighted by atomic mass is 16.6. The number of hydrogen-bond donors (Lipinski definition) is 2. The fourth-order valence-electron chi connectivity index (χ4n) is 14.3. The normalized spacial score (nSPS) is 39.3. The Kier molecular flexibility index (Phi) is 8.82. The number of cyclic esters (lactones) is 1. The Morgan fingerprint density at radius 3 is 2.30 bits per heavy atom. The molecule has 7 heteroatoms. The van der Waals surface area contributed by atoms with Crippen LogP contribution in [0.2, 0.25) is 0 Å². The van der Waals surface area contributed by atoms with Crippen molar-refractivity contribution < 1.29 is 24.2 Å². The first-order valence-electron chi connectivity index (χ1n) is 20.5. The van der Waals surface area contributed by atoms with Crippen molar-refractivity contribution in [2.75, 3.05) is 13.2 Å². The minimum absolute atomic E-state index is 0.00106. The van der Waals surface area contributed by atoms with Gasteiger partial charge in [-0.15, -0.1) is 0 Å². The molecule has 2 amide bonds. The van der Waals surface area contributed by atoms with E-state index >= 15 is 0 Å². The van der Waals surface area contributed by atoms with E-state index in [0.29, 0.717) is 35.2 Å².